The highest BCUT2D eigenvalue weighted by atomic mass is 32.2. The second kappa shape index (κ2) is 6.73. The van der Waals surface area contributed by atoms with Gasteiger partial charge in [-0.3, -0.25) is 9.69 Å². The van der Waals surface area contributed by atoms with Gasteiger partial charge in [0.05, 0.1) is 22.4 Å². The van der Waals surface area contributed by atoms with Crippen LogP contribution in [-0.4, -0.2) is 52.6 Å². The number of hydrogen-bond acceptors (Lipinski definition) is 5. The number of nitrogens with two attached hydrogens (primary N) is 1. The van der Waals surface area contributed by atoms with Crippen molar-refractivity contribution < 1.29 is 9.53 Å². The third kappa shape index (κ3) is 4.10. The Hall–Kier alpha value is -0.330. The minimum Gasteiger partial charge on any atom is -0.462 e. The smallest absolute Gasteiger partial charge is 0.320 e. The van der Waals surface area contributed by atoms with Crippen LogP contribution >= 0.6 is 24.0 Å². The van der Waals surface area contributed by atoms with E-state index in [1.54, 1.807) is 11.8 Å². The first kappa shape index (κ1) is 15.7. The number of carbonyl (C=O) groups is 1. The van der Waals surface area contributed by atoms with Gasteiger partial charge in [0.25, 0.3) is 0 Å². The molecule has 0 aromatic carbocycles. The van der Waals surface area contributed by atoms with E-state index in [1.165, 1.54) is 0 Å². The van der Waals surface area contributed by atoms with Gasteiger partial charge in [0.1, 0.15) is 0 Å². The Bertz CT molecular complexity index is 313. The Kier molecular flexibility index (Phi) is 5.88. The zero-order chi connectivity index (χ0) is 13.8. The van der Waals surface area contributed by atoms with E-state index in [1.807, 2.05) is 20.1 Å². The molecule has 0 saturated carbocycles. The lowest BCUT2D eigenvalue weighted by molar-refractivity contribution is -0.148. The van der Waals surface area contributed by atoms with E-state index >= 15 is 0 Å². The third-order valence-corrected chi connectivity index (χ3v) is 5.15. The Balaban J connectivity index is 2.44. The number of esters is 1. The van der Waals surface area contributed by atoms with E-state index in [0.717, 1.165) is 25.9 Å². The van der Waals surface area contributed by atoms with Crippen LogP contribution in [0.5, 0.6) is 0 Å². The fourth-order valence-electron chi connectivity index (χ4n) is 2.11. The molecule has 0 spiro atoms. The van der Waals surface area contributed by atoms with Gasteiger partial charge in [0.2, 0.25) is 0 Å². The van der Waals surface area contributed by atoms with Crippen molar-refractivity contribution in [3.8, 4) is 0 Å². The first-order chi connectivity index (χ1) is 8.39. The Labute approximate surface area is 119 Å². The number of nitrogens with zero attached hydrogens (tertiary/aromatic N) is 1. The van der Waals surface area contributed by atoms with Crippen LogP contribution in [0.1, 0.15) is 26.7 Å². The first-order valence-corrected chi connectivity index (χ1v) is 7.80. The van der Waals surface area contributed by atoms with Gasteiger partial charge in [-0.25, -0.2) is 0 Å². The van der Waals surface area contributed by atoms with Crippen LogP contribution in [-0.2, 0) is 9.53 Å². The van der Waals surface area contributed by atoms with Crippen molar-refractivity contribution in [2.24, 2.45) is 5.73 Å². The molecule has 6 heteroatoms. The SMILES string of the molecule is CSC1(C(N)=S)CCN(CC(=O)OC(C)C)CC1. The van der Waals surface area contributed by atoms with E-state index in [-0.39, 0.29) is 16.8 Å². The van der Waals surface area contributed by atoms with Crippen molar-refractivity contribution in [2.75, 3.05) is 25.9 Å². The topological polar surface area (TPSA) is 55.6 Å². The van der Waals surface area contributed by atoms with Crippen LogP contribution in [0.25, 0.3) is 0 Å². The van der Waals surface area contributed by atoms with Gasteiger partial charge in [-0.15, -0.1) is 0 Å². The second-order valence-electron chi connectivity index (χ2n) is 4.88. The van der Waals surface area contributed by atoms with Crippen LogP contribution < -0.4 is 5.73 Å². The third-order valence-electron chi connectivity index (χ3n) is 3.22. The summed E-state index contributed by atoms with van der Waals surface area (Å²) in [7, 11) is 0. The van der Waals surface area contributed by atoms with Gasteiger partial charge in [-0.2, -0.15) is 11.8 Å². The lowest BCUT2D eigenvalue weighted by Gasteiger charge is -2.39. The molecule has 1 fully saturated rings. The van der Waals surface area contributed by atoms with Crippen molar-refractivity contribution in [3.05, 3.63) is 0 Å². The number of rotatable bonds is 5. The Morgan fingerprint density at radius 2 is 2.06 bits per heavy atom. The standard InChI is InChI=1S/C12H22N2O2S2/c1-9(2)16-10(15)8-14-6-4-12(18-3,5-7-14)11(13)17/h9H,4-8H2,1-3H3,(H2,13,17). The van der Waals surface area contributed by atoms with E-state index in [4.69, 9.17) is 22.7 Å². The zero-order valence-corrected chi connectivity index (χ0v) is 12.9. The summed E-state index contributed by atoms with van der Waals surface area (Å²) in [5.41, 5.74) is 5.83. The average Bonchev–Trinajstić information content (AvgIpc) is 2.28. The van der Waals surface area contributed by atoms with Gasteiger partial charge < -0.3 is 10.5 Å². The van der Waals surface area contributed by atoms with Crippen LogP contribution in [0.3, 0.4) is 0 Å². The maximum absolute atomic E-state index is 11.6. The van der Waals surface area contributed by atoms with E-state index < -0.39 is 0 Å². The molecular formula is C12H22N2O2S2. The number of thioether (sulfide) groups is 1. The molecule has 0 unspecified atom stereocenters. The number of ether oxygens (including phenoxy) is 1. The van der Waals surface area contributed by atoms with E-state index in [2.05, 4.69) is 4.90 Å². The molecule has 1 saturated heterocycles. The van der Waals surface area contributed by atoms with Gasteiger partial charge in [0, 0.05) is 13.1 Å². The summed E-state index contributed by atoms with van der Waals surface area (Å²) in [4.78, 5) is 14.3. The molecule has 0 bridgehead atoms. The first-order valence-electron chi connectivity index (χ1n) is 6.16. The molecule has 1 rings (SSSR count). The van der Waals surface area contributed by atoms with Crippen LogP contribution in [0.15, 0.2) is 0 Å². The number of hydrogen-bond donors (Lipinski definition) is 1. The maximum atomic E-state index is 11.6. The number of likely N-dealkylation sites (tertiary alicyclic amines) is 1. The zero-order valence-electron chi connectivity index (χ0n) is 11.3. The Morgan fingerprint density at radius 3 is 2.44 bits per heavy atom. The Morgan fingerprint density at radius 1 is 1.50 bits per heavy atom. The maximum Gasteiger partial charge on any atom is 0.320 e. The molecule has 4 nitrogen and oxygen atoms in total. The van der Waals surface area contributed by atoms with Crippen molar-refractivity contribution in [1.82, 2.24) is 4.90 Å². The molecule has 2 N–H and O–H groups in total. The predicted octanol–water partition coefficient (Wildman–Crippen LogP) is 1.42. The van der Waals surface area contributed by atoms with E-state index in [9.17, 15) is 4.79 Å². The van der Waals surface area contributed by atoms with Crippen LogP contribution in [0, 0.1) is 0 Å². The highest BCUT2D eigenvalue weighted by molar-refractivity contribution is 8.02. The highest BCUT2D eigenvalue weighted by Crippen LogP contribution is 2.34. The molecule has 0 amide bonds. The summed E-state index contributed by atoms with van der Waals surface area (Å²) >= 11 is 6.88. The van der Waals surface area contributed by atoms with Crippen molar-refractivity contribution >= 4 is 34.9 Å². The van der Waals surface area contributed by atoms with Crippen molar-refractivity contribution in [2.45, 2.75) is 37.5 Å². The molecule has 104 valence electrons. The minimum absolute atomic E-state index is 0.0517. The number of piperidine rings is 1. The molecule has 0 aromatic rings. The normalized spacial score (nSPS) is 19.8. The molecule has 0 atom stereocenters. The highest BCUT2D eigenvalue weighted by Gasteiger charge is 2.37. The quantitative estimate of drug-likeness (QED) is 0.610. The second-order valence-corrected chi connectivity index (χ2v) is 6.51. The van der Waals surface area contributed by atoms with E-state index in [0.29, 0.717) is 11.5 Å². The van der Waals surface area contributed by atoms with Gasteiger partial charge in [-0.05, 0) is 32.9 Å². The largest absolute Gasteiger partial charge is 0.462 e. The molecule has 1 aliphatic heterocycles. The van der Waals surface area contributed by atoms with Gasteiger partial charge in [-0.1, -0.05) is 12.2 Å². The summed E-state index contributed by atoms with van der Waals surface area (Å²) in [5.74, 6) is -0.156. The van der Waals surface area contributed by atoms with Crippen molar-refractivity contribution in [1.29, 1.82) is 0 Å². The summed E-state index contributed by atoms with van der Waals surface area (Å²) in [6.45, 7) is 5.76. The fourth-order valence-corrected chi connectivity index (χ4v) is 3.35. The lowest BCUT2D eigenvalue weighted by atomic mass is 9.95. The van der Waals surface area contributed by atoms with Crippen molar-refractivity contribution in [3.63, 3.8) is 0 Å². The minimum atomic E-state index is -0.156. The summed E-state index contributed by atoms with van der Waals surface area (Å²) in [6, 6.07) is 0. The number of carbonyl (C=O) groups excluding carboxylic acids is 1. The lowest BCUT2D eigenvalue weighted by Crippen LogP contribution is -2.50. The summed E-state index contributed by atoms with van der Waals surface area (Å²) in [6.07, 6.45) is 3.79. The van der Waals surface area contributed by atoms with Gasteiger partial charge in [0.15, 0.2) is 0 Å². The van der Waals surface area contributed by atoms with Gasteiger partial charge >= 0.3 is 5.97 Å². The molecule has 0 aliphatic carbocycles. The molecule has 0 aromatic heterocycles. The van der Waals surface area contributed by atoms with Crippen LogP contribution in [0.2, 0.25) is 0 Å². The molecule has 0 radical (unpaired) electrons. The summed E-state index contributed by atoms with van der Waals surface area (Å²) in [5, 5.41) is 0. The molecule has 1 heterocycles. The van der Waals surface area contributed by atoms with Crippen LogP contribution in [0.4, 0.5) is 0 Å². The monoisotopic (exact) mass is 290 g/mol. The predicted molar refractivity (Wildman–Crippen MR) is 79.9 cm³/mol. The molecule has 18 heavy (non-hydrogen) atoms. The summed E-state index contributed by atoms with van der Waals surface area (Å²) < 4.78 is 5.05. The molecule has 1 aliphatic rings. The molecular weight excluding hydrogens is 268 g/mol. The number of thiocarbonyl (C=S) groups is 1. The average molecular weight is 290 g/mol. The fraction of sp³-hybridized carbons (Fsp3) is 0.833.